The Morgan fingerprint density at radius 3 is 2.24 bits per heavy atom. The van der Waals surface area contributed by atoms with E-state index in [9.17, 15) is 19.5 Å². The predicted octanol–water partition coefficient (Wildman–Crippen LogP) is 1.13. The lowest BCUT2D eigenvalue weighted by Gasteiger charge is -2.37. The molecule has 2 aromatic rings. The molecule has 1 unspecified atom stereocenters. The highest BCUT2D eigenvalue weighted by molar-refractivity contribution is 5.89. The lowest BCUT2D eigenvalue weighted by Crippen LogP contribution is -2.60. The molecule has 1 saturated carbocycles. The van der Waals surface area contributed by atoms with E-state index >= 15 is 0 Å². The molecule has 4 rings (SSSR count). The van der Waals surface area contributed by atoms with Crippen molar-refractivity contribution >= 4 is 30.2 Å². The minimum Gasteiger partial charge on any atom is -0.394 e. The van der Waals surface area contributed by atoms with E-state index in [1.807, 2.05) is 24.3 Å². The third-order valence-electron chi connectivity index (χ3n) is 7.97. The van der Waals surface area contributed by atoms with Crippen molar-refractivity contribution in [3.63, 3.8) is 0 Å². The molecule has 0 spiro atoms. The van der Waals surface area contributed by atoms with Crippen molar-refractivity contribution in [2.45, 2.75) is 63.7 Å². The maximum Gasteiger partial charge on any atom is 0.354 e. The Morgan fingerprint density at radius 2 is 1.68 bits per heavy atom. The number of piperazine rings is 1. The van der Waals surface area contributed by atoms with Crippen LogP contribution < -0.4 is 22.5 Å². The molecule has 1 saturated heterocycles. The van der Waals surface area contributed by atoms with Crippen LogP contribution in [-0.2, 0) is 11.3 Å². The van der Waals surface area contributed by atoms with E-state index in [0.29, 0.717) is 44.0 Å². The highest BCUT2D eigenvalue weighted by Crippen LogP contribution is 2.24. The summed E-state index contributed by atoms with van der Waals surface area (Å²) >= 11 is 0. The number of hydrogen-bond acceptors (Lipinski definition) is 8. The zero-order chi connectivity index (χ0) is 28.9. The second-order valence-corrected chi connectivity index (χ2v) is 11.0. The van der Waals surface area contributed by atoms with Crippen LogP contribution in [0.25, 0.3) is 5.69 Å². The molecule has 2 fully saturated rings. The van der Waals surface area contributed by atoms with Crippen LogP contribution in [-0.4, -0.2) is 98.2 Å². The molecule has 1 aliphatic carbocycles. The SMILES string of the molecule is CCN(Cc1ccc(-n2ccc(NC(=O)N3CCN(C(=O)C(C)(N)CO)CC3)nc2=O)cc1)C1CCC(N)CC1.Cl. The monoisotopic (exact) mass is 590 g/mol. The van der Waals surface area contributed by atoms with E-state index < -0.39 is 23.9 Å². The fraction of sp³-hybridized carbons (Fsp3) is 0.571. The first-order valence-electron chi connectivity index (χ1n) is 14.0. The van der Waals surface area contributed by atoms with Crippen LogP contribution in [0, 0.1) is 0 Å². The fourth-order valence-electron chi connectivity index (χ4n) is 5.36. The normalized spacial score (nSPS) is 20.7. The number of urea groups is 1. The molecule has 6 N–H and O–H groups in total. The largest absolute Gasteiger partial charge is 0.394 e. The molecule has 1 aliphatic heterocycles. The minimum atomic E-state index is -1.35. The van der Waals surface area contributed by atoms with Crippen LogP contribution >= 0.6 is 12.4 Å². The molecule has 2 aliphatic rings. The number of rotatable bonds is 8. The number of carbonyl (C=O) groups excluding carboxylic acids is 2. The van der Waals surface area contributed by atoms with E-state index in [1.165, 1.54) is 22.0 Å². The second kappa shape index (κ2) is 14.2. The topological polar surface area (TPSA) is 163 Å². The average Bonchev–Trinajstić information content (AvgIpc) is 2.96. The predicted molar refractivity (Wildman–Crippen MR) is 160 cm³/mol. The summed E-state index contributed by atoms with van der Waals surface area (Å²) in [6.45, 7) is 6.23. The Labute approximate surface area is 247 Å². The van der Waals surface area contributed by atoms with Crippen molar-refractivity contribution in [3.8, 4) is 5.69 Å². The number of nitrogens with zero attached hydrogens (tertiary/aromatic N) is 5. The highest BCUT2D eigenvalue weighted by atomic mass is 35.5. The van der Waals surface area contributed by atoms with E-state index in [-0.39, 0.29) is 24.1 Å². The summed E-state index contributed by atoms with van der Waals surface area (Å²) in [5.74, 6) is -0.201. The third kappa shape index (κ3) is 8.04. The molecule has 41 heavy (non-hydrogen) atoms. The summed E-state index contributed by atoms with van der Waals surface area (Å²) in [6.07, 6.45) is 6.00. The van der Waals surface area contributed by atoms with Gasteiger partial charge in [-0.2, -0.15) is 4.98 Å². The van der Waals surface area contributed by atoms with Crippen molar-refractivity contribution in [1.82, 2.24) is 24.3 Å². The Bertz CT molecular complexity index is 1220. The number of halogens is 1. The quantitative estimate of drug-likeness (QED) is 0.355. The number of anilines is 1. The number of hydrogen-bond donors (Lipinski definition) is 4. The summed E-state index contributed by atoms with van der Waals surface area (Å²) < 4.78 is 1.44. The van der Waals surface area contributed by atoms with Gasteiger partial charge in [-0.1, -0.05) is 19.1 Å². The van der Waals surface area contributed by atoms with E-state index in [2.05, 4.69) is 22.1 Å². The molecule has 12 nitrogen and oxygen atoms in total. The van der Waals surface area contributed by atoms with Gasteiger partial charge >= 0.3 is 11.7 Å². The lowest BCUT2D eigenvalue weighted by molar-refractivity contribution is -0.139. The van der Waals surface area contributed by atoms with Crippen LogP contribution in [0.3, 0.4) is 0 Å². The number of aromatic nitrogens is 2. The molecule has 0 radical (unpaired) electrons. The summed E-state index contributed by atoms with van der Waals surface area (Å²) in [6, 6.07) is 9.95. The van der Waals surface area contributed by atoms with Gasteiger partial charge in [0.15, 0.2) is 0 Å². The van der Waals surface area contributed by atoms with Crippen LogP contribution in [0.4, 0.5) is 10.6 Å². The van der Waals surface area contributed by atoms with Crippen molar-refractivity contribution in [2.24, 2.45) is 11.5 Å². The van der Waals surface area contributed by atoms with E-state index in [4.69, 9.17) is 11.5 Å². The Morgan fingerprint density at radius 1 is 1.07 bits per heavy atom. The van der Waals surface area contributed by atoms with Crippen LogP contribution in [0.5, 0.6) is 0 Å². The maximum absolute atomic E-state index is 12.8. The first-order valence-corrected chi connectivity index (χ1v) is 14.0. The van der Waals surface area contributed by atoms with Crippen LogP contribution in [0.2, 0.25) is 0 Å². The molecule has 226 valence electrons. The number of benzene rings is 1. The zero-order valence-corrected chi connectivity index (χ0v) is 24.7. The fourth-order valence-corrected chi connectivity index (χ4v) is 5.36. The minimum absolute atomic E-state index is 0. The van der Waals surface area contributed by atoms with Gasteiger partial charge in [-0.3, -0.25) is 19.6 Å². The molecular weight excluding hydrogens is 548 g/mol. The standard InChI is InChI=1S/C28H42N8O4.ClH/c1-3-33(22-10-6-21(29)7-11-22)18-20-4-8-23(9-5-20)36-13-12-24(32-27(36)40)31-26(39)35-16-14-34(15-17-35)25(38)28(2,30)19-37;/h4-5,8-9,12-13,21-22,37H,3,6-7,10-11,14-19,29-30H2,1-2H3,(H,31,32,39,40);1H. The van der Waals surface area contributed by atoms with Gasteiger partial charge in [0.1, 0.15) is 11.4 Å². The summed E-state index contributed by atoms with van der Waals surface area (Å²) in [5, 5.41) is 12.0. The zero-order valence-electron chi connectivity index (χ0n) is 23.9. The number of amides is 3. The van der Waals surface area contributed by atoms with Gasteiger partial charge in [-0.25, -0.2) is 9.59 Å². The first kappa shape index (κ1) is 32.5. The van der Waals surface area contributed by atoms with Gasteiger partial charge in [-0.15, -0.1) is 12.4 Å². The summed E-state index contributed by atoms with van der Waals surface area (Å²) in [5.41, 5.74) is 11.9. The van der Waals surface area contributed by atoms with Crippen molar-refractivity contribution in [1.29, 1.82) is 0 Å². The van der Waals surface area contributed by atoms with Gasteiger partial charge in [0, 0.05) is 51.0 Å². The van der Waals surface area contributed by atoms with Gasteiger partial charge in [0.05, 0.1) is 12.3 Å². The number of aliphatic hydroxyl groups excluding tert-OH is 1. The van der Waals surface area contributed by atoms with Gasteiger partial charge in [0.25, 0.3) is 0 Å². The Balaban J connectivity index is 0.00000462. The van der Waals surface area contributed by atoms with Gasteiger partial charge in [-0.05, 0) is 62.9 Å². The number of nitrogens with two attached hydrogens (primary N) is 2. The summed E-state index contributed by atoms with van der Waals surface area (Å²) in [4.78, 5) is 47.6. The summed E-state index contributed by atoms with van der Waals surface area (Å²) in [7, 11) is 0. The van der Waals surface area contributed by atoms with Crippen molar-refractivity contribution < 1.29 is 14.7 Å². The Kier molecular flexibility index (Phi) is 11.3. The van der Waals surface area contributed by atoms with Crippen LogP contribution in [0.15, 0.2) is 41.3 Å². The van der Waals surface area contributed by atoms with Crippen LogP contribution in [0.1, 0.15) is 45.1 Å². The van der Waals surface area contributed by atoms with Crippen molar-refractivity contribution in [3.05, 3.63) is 52.6 Å². The Hall–Kier alpha value is -3.03. The van der Waals surface area contributed by atoms with Gasteiger partial charge in [0.2, 0.25) is 5.91 Å². The number of aliphatic hydroxyl groups is 1. The molecule has 0 bridgehead atoms. The highest BCUT2D eigenvalue weighted by Gasteiger charge is 2.34. The molecule has 2 heterocycles. The molecule has 1 aromatic carbocycles. The lowest BCUT2D eigenvalue weighted by atomic mass is 9.90. The van der Waals surface area contributed by atoms with E-state index in [1.54, 1.807) is 17.2 Å². The first-order chi connectivity index (χ1) is 19.1. The number of nitrogens with one attached hydrogen (secondary N) is 1. The second-order valence-electron chi connectivity index (χ2n) is 11.0. The maximum atomic E-state index is 12.8. The molecule has 1 aromatic heterocycles. The molecular formula is C28H43ClN8O4. The van der Waals surface area contributed by atoms with Crippen molar-refractivity contribution in [2.75, 3.05) is 44.6 Å². The molecule has 3 amide bonds. The molecule has 13 heteroatoms. The number of carbonyl (C=O) groups is 2. The molecule has 1 atom stereocenters. The third-order valence-corrected chi connectivity index (χ3v) is 7.97. The average molecular weight is 591 g/mol. The van der Waals surface area contributed by atoms with E-state index in [0.717, 1.165) is 38.8 Å². The smallest absolute Gasteiger partial charge is 0.354 e. The van der Waals surface area contributed by atoms with Gasteiger partial charge < -0.3 is 26.4 Å².